The van der Waals surface area contributed by atoms with E-state index < -0.39 is 0 Å². The second kappa shape index (κ2) is 15.4. The lowest BCUT2D eigenvalue weighted by Gasteiger charge is -1.99. The molecule has 6 aromatic rings. The lowest BCUT2D eigenvalue weighted by atomic mass is 10.1. The number of hydrogen-bond donors (Lipinski definition) is 0. The highest BCUT2D eigenvalue weighted by Crippen LogP contribution is 2.13. The Morgan fingerprint density at radius 1 is 0.261 bits per heavy atom. The fourth-order valence-corrected chi connectivity index (χ4v) is 4.30. The van der Waals surface area contributed by atoms with Crippen LogP contribution >= 0.6 is 0 Å². The molecule has 0 radical (unpaired) electrons. The maximum atomic E-state index is 4.57. The average molecular weight is 595 g/mol. The Kier molecular flexibility index (Phi) is 9.91. The molecule has 0 fully saturated rings. The standard InChI is InChI=1S/C40H30N6/c1-3-25-41-35(5-1)19-21-37-15-11-31(27-43-37)7-9-33-13-17-39(45-29-33)23-24-40-18-14-34(30-46-40)10-8-32-12-16-38(44-28-32)22-20-36-6-2-4-26-42-36/h1-30H/b9-7+,10-8+,21-19+,22-20+,24-23+. The predicted molar refractivity (Wildman–Crippen MR) is 190 cm³/mol. The molecule has 0 aromatic carbocycles. The molecule has 0 N–H and O–H groups in total. The Hall–Kier alpha value is -6.40. The van der Waals surface area contributed by atoms with E-state index in [-0.39, 0.29) is 0 Å². The molecule has 0 bridgehead atoms. The Balaban J connectivity index is 0.986. The highest BCUT2D eigenvalue weighted by atomic mass is 14.7. The van der Waals surface area contributed by atoms with E-state index in [1.807, 2.05) is 170 Å². The van der Waals surface area contributed by atoms with Crippen molar-refractivity contribution in [3.8, 4) is 0 Å². The molecule has 46 heavy (non-hydrogen) atoms. The quantitative estimate of drug-likeness (QED) is 0.158. The molecule has 0 saturated carbocycles. The van der Waals surface area contributed by atoms with E-state index in [1.54, 1.807) is 12.4 Å². The van der Waals surface area contributed by atoms with Gasteiger partial charge in [-0.25, -0.2) is 0 Å². The molecule has 6 aromatic heterocycles. The highest BCUT2D eigenvalue weighted by Gasteiger charge is 1.96. The van der Waals surface area contributed by atoms with Crippen LogP contribution in [-0.4, -0.2) is 29.9 Å². The number of pyridine rings is 6. The van der Waals surface area contributed by atoms with Gasteiger partial charge in [0.05, 0.1) is 34.2 Å². The first-order valence-corrected chi connectivity index (χ1v) is 14.8. The molecule has 6 heteroatoms. The normalized spacial score (nSPS) is 11.9. The zero-order valence-electron chi connectivity index (χ0n) is 25.0. The van der Waals surface area contributed by atoms with Gasteiger partial charge in [0.15, 0.2) is 0 Å². The topological polar surface area (TPSA) is 77.3 Å². The van der Waals surface area contributed by atoms with E-state index in [4.69, 9.17) is 0 Å². The summed E-state index contributed by atoms with van der Waals surface area (Å²) in [6, 6.07) is 27.8. The Morgan fingerprint density at radius 3 is 0.761 bits per heavy atom. The lowest BCUT2D eigenvalue weighted by Crippen LogP contribution is -1.84. The molecular formula is C40H30N6. The van der Waals surface area contributed by atoms with Crippen LogP contribution in [0.3, 0.4) is 0 Å². The van der Waals surface area contributed by atoms with Gasteiger partial charge < -0.3 is 0 Å². The molecule has 6 rings (SSSR count). The van der Waals surface area contributed by atoms with Crippen molar-refractivity contribution in [2.24, 2.45) is 0 Å². The third-order valence-corrected chi connectivity index (χ3v) is 6.82. The number of nitrogens with zero attached hydrogens (tertiary/aromatic N) is 6. The van der Waals surface area contributed by atoms with Crippen molar-refractivity contribution < 1.29 is 0 Å². The van der Waals surface area contributed by atoms with Gasteiger partial charge in [-0.2, -0.15) is 0 Å². The van der Waals surface area contributed by atoms with Gasteiger partial charge in [0.1, 0.15) is 0 Å². The smallest absolute Gasteiger partial charge is 0.0630 e. The van der Waals surface area contributed by atoms with Gasteiger partial charge >= 0.3 is 0 Å². The second-order valence-electron chi connectivity index (χ2n) is 10.2. The zero-order chi connectivity index (χ0) is 31.2. The Labute approximate surface area is 268 Å². The summed E-state index contributed by atoms with van der Waals surface area (Å²) in [6.07, 6.45) is 30.8. The van der Waals surface area contributed by atoms with E-state index in [0.29, 0.717) is 0 Å². The van der Waals surface area contributed by atoms with Crippen LogP contribution in [0.25, 0.3) is 60.8 Å². The van der Waals surface area contributed by atoms with Crippen LogP contribution in [0, 0.1) is 0 Å². The van der Waals surface area contributed by atoms with Crippen LogP contribution in [0.2, 0.25) is 0 Å². The predicted octanol–water partition coefficient (Wildman–Crippen LogP) is 8.91. The summed E-state index contributed by atoms with van der Waals surface area (Å²) >= 11 is 0. The van der Waals surface area contributed by atoms with E-state index in [1.165, 1.54) is 0 Å². The number of hydrogen-bond acceptors (Lipinski definition) is 6. The van der Waals surface area contributed by atoms with Crippen molar-refractivity contribution in [1.82, 2.24) is 29.9 Å². The van der Waals surface area contributed by atoms with Gasteiger partial charge in [0.2, 0.25) is 0 Å². The van der Waals surface area contributed by atoms with Crippen molar-refractivity contribution in [3.63, 3.8) is 0 Å². The van der Waals surface area contributed by atoms with E-state index >= 15 is 0 Å². The highest BCUT2D eigenvalue weighted by molar-refractivity contribution is 5.73. The summed E-state index contributed by atoms with van der Waals surface area (Å²) < 4.78 is 0. The van der Waals surface area contributed by atoms with Gasteiger partial charge in [-0.1, -0.05) is 60.7 Å². The van der Waals surface area contributed by atoms with E-state index in [0.717, 1.165) is 56.4 Å². The summed E-state index contributed by atoms with van der Waals surface area (Å²) in [7, 11) is 0. The van der Waals surface area contributed by atoms with Gasteiger partial charge in [-0.15, -0.1) is 0 Å². The second-order valence-corrected chi connectivity index (χ2v) is 10.2. The monoisotopic (exact) mass is 594 g/mol. The first kappa shape index (κ1) is 29.7. The third-order valence-electron chi connectivity index (χ3n) is 6.82. The van der Waals surface area contributed by atoms with Crippen LogP contribution < -0.4 is 0 Å². The summed E-state index contributed by atoms with van der Waals surface area (Å²) in [5.74, 6) is 0. The summed E-state index contributed by atoms with van der Waals surface area (Å²) in [5.41, 5.74) is 9.34. The van der Waals surface area contributed by atoms with Crippen molar-refractivity contribution in [2.75, 3.05) is 0 Å². The van der Waals surface area contributed by atoms with E-state index in [2.05, 4.69) is 29.9 Å². The molecule has 0 aliphatic heterocycles. The minimum absolute atomic E-state index is 0.861. The van der Waals surface area contributed by atoms with Crippen LogP contribution in [0.15, 0.2) is 122 Å². The largest absolute Gasteiger partial charge is 0.257 e. The Bertz CT molecular complexity index is 1830. The van der Waals surface area contributed by atoms with Crippen LogP contribution in [-0.2, 0) is 0 Å². The fraction of sp³-hybridized carbons (Fsp3) is 0. The van der Waals surface area contributed by atoms with E-state index in [9.17, 15) is 0 Å². The molecular weight excluding hydrogens is 564 g/mol. The third kappa shape index (κ3) is 9.05. The first-order valence-electron chi connectivity index (χ1n) is 14.8. The molecule has 0 unspecified atom stereocenters. The molecule has 6 nitrogen and oxygen atoms in total. The molecule has 0 aliphatic rings. The molecule has 0 aliphatic carbocycles. The fourth-order valence-electron chi connectivity index (χ4n) is 4.30. The van der Waals surface area contributed by atoms with Crippen LogP contribution in [0.5, 0.6) is 0 Å². The summed E-state index contributed by atoms with van der Waals surface area (Å²) in [5, 5.41) is 0. The molecule has 6 heterocycles. The van der Waals surface area contributed by atoms with Gasteiger partial charge in [-0.3, -0.25) is 29.9 Å². The maximum absolute atomic E-state index is 4.57. The van der Waals surface area contributed by atoms with Gasteiger partial charge in [0.25, 0.3) is 0 Å². The lowest BCUT2D eigenvalue weighted by molar-refractivity contribution is 1.27. The van der Waals surface area contributed by atoms with Crippen LogP contribution in [0.1, 0.15) is 56.4 Å². The molecule has 0 saturated heterocycles. The molecule has 0 amide bonds. The van der Waals surface area contributed by atoms with Gasteiger partial charge in [0, 0.05) is 37.2 Å². The minimum Gasteiger partial charge on any atom is -0.257 e. The Morgan fingerprint density at radius 2 is 0.543 bits per heavy atom. The first-order chi connectivity index (χ1) is 22.7. The maximum Gasteiger partial charge on any atom is 0.0630 e. The minimum atomic E-state index is 0.861. The SMILES string of the molecule is C(=C\c1ccc(/C=C/c2ccc(/C=C/c3ccc(/C=C/c4ccccn4)nc3)cn2)nc1)/c1ccc(/C=C/c2ccccn2)nc1. The molecule has 0 spiro atoms. The molecule has 220 valence electrons. The molecule has 0 atom stereocenters. The number of aromatic nitrogens is 6. The van der Waals surface area contributed by atoms with Crippen molar-refractivity contribution in [1.29, 1.82) is 0 Å². The van der Waals surface area contributed by atoms with Crippen molar-refractivity contribution in [2.45, 2.75) is 0 Å². The van der Waals surface area contributed by atoms with Crippen molar-refractivity contribution >= 4 is 60.8 Å². The average Bonchev–Trinajstić information content (AvgIpc) is 3.13. The van der Waals surface area contributed by atoms with Crippen molar-refractivity contribution in [3.05, 3.63) is 179 Å². The number of rotatable bonds is 10. The summed E-state index contributed by atoms with van der Waals surface area (Å²) in [4.78, 5) is 26.7. The van der Waals surface area contributed by atoms with Gasteiger partial charge in [-0.05, 0) is 107 Å². The summed E-state index contributed by atoms with van der Waals surface area (Å²) in [6.45, 7) is 0. The zero-order valence-corrected chi connectivity index (χ0v) is 25.0. The van der Waals surface area contributed by atoms with Crippen LogP contribution in [0.4, 0.5) is 0 Å².